The van der Waals surface area contributed by atoms with Gasteiger partial charge in [-0.05, 0) is 115 Å². The molecule has 2 bridgehead atoms. The number of hydrogen-bond donors (Lipinski definition) is 0. The summed E-state index contributed by atoms with van der Waals surface area (Å²) in [6.45, 7) is 0.430. The molecule has 2 aliphatic carbocycles. The van der Waals surface area contributed by atoms with Crippen LogP contribution in [0, 0.1) is 46.2 Å². The molecule has 8 heteroatoms. The minimum Gasteiger partial charge on any atom is -0.494 e. The molecule has 57 heavy (non-hydrogen) atoms. The Morgan fingerprint density at radius 1 is 0.526 bits per heavy atom. The molecule has 294 valence electrons. The summed E-state index contributed by atoms with van der Waals surface area (Å²) in [6, 6.07) is 31.9. The lowest BCUT2D eigenvalue weighted by Crippen LogP contribution is -2.35. The predicted octanol–water partition coefficient (Wildman–Crippen LogP) is 10.6. The van der Waals surface area contributed by atoms with E-state index in [0.717, 1.165) is 72.3 Å². The maximum atomic E-state index is 13.8. The fourth-order valence-corrected chi connectivity index (χ4v) is 6.51. The van der Waals surface area contributed by atoms with Crippen molar-refractivity contribution in [3.63, 3.8) is 0 Å². The zero-order chi connectivity index (χ0) is 46.9. The largest absolute Gasteiger partial charge is 0.494 e. The molecule has 0 aliphatic heterocycles. The number of benzene rings is 4. The average Bonchev–Trinajstić information content (AvgIpc) is 3.49. The maximum absolute atomic E-state index is 13.8. The van der Waals surface area contributed by atoms with Crippen LogP contribution in [0.15, 0.2) is 109 Å². The van der Waals surface area contributed by atoms with Crippen LogP contribution in [0.2, 0.25) is 0 Å². The average molecular weight is 773 g/mol. The molecule has 4 unspecified atom stereocenters. The summed E-state index contributed by atoms with van der Waals surface area (Å²) in [6.07, 6.45) is 3.10. The van der Waals surface area contributed by atoms with E-state index in [2.05, 4.69) is 12.1 Å². The number of rotatable bonds is 22. The van der Waals surface area contributed by atoms with Crippen LogP contribution < -0.4 is 9.47 Å². The Hall–Kier alpha value is -5.86. The molecule has 0 amide bonds. The van der Waals surface area contributed by atoms with Gasteiger partial charge < -0.3 is 18.9 Å². The van der Waals surface area contributed by atoms with Gasteiger partial charge >= 0.3 is 11.9 Å². The van der Waals surface area contributed by atoms with Crippen molar-refractivity contribution >= 4 is 11.9 Å². The number of nitriles is 2. The molecule has 4 atom stereocenters. The second kappa shape index (κ2) is 21.4. The van der Waals surface area contributed by atoms with Crippen molar-refractivity contribution in [1.29, 1.82) is 10.5 Å². The number of hydrogen-bond acceptors (Lipinski definition) is 8. The third-order valence-corrected chi connectivity index (χ3v) is 9.71. The molecule has 4 aromatic rings. The lowest BCUT2D eigenvalue weighted by molar-refractivity contribution is -0.161. The van der Waals surface area contributed by atoms with Crippen molar-refractivity contribution in [1.82, 2.24) is 0 Å². The smallest absolute Gasteiger partial charge is 0.310 e. The van der Waals surface area contributed by atoms with Crippen LogP contribution >= 0.6 is 0 Å². The standard InChI is InChI=1S/C49H52N2O6/c50-34-36-11-15-38(16-12-36)40-21-25-44(26-22-40)54-29-7-3-1-5-9-31-56-48(52)46-42-19-20-43(33-42)47(46)49(53)57-32-10-6-2-4-8-30-55-45-27-23-41(24-28-45)39-17-13-37(35-51)14-18-39/h11-28,42-43,46-47H,1-10,29-33H2/i19D,20D,33D2,42D,43D,46D,47D. The predicted molar refractivity (Wildman–Crippen MR) is 220 cm³/mol. The number of esters is 2. The third kappa shape index (κ3) is 11.8. The lowest BCUT2D eigenvalue weighted by Gasteiger charge is -2.25. The number of unbranched alkanes of at least 4 members (excludes halogenated alkanes) is 8. The Labute approximate surface area is 348 Å². The maximum Gasteiger partial charge on any atom is 0.310 e. The van der Waals surface area contributed by atoms with E-state index in [1.54, 1.807) is 24.3 Å². The van der Waals surface area contributed by atoms with Crippen LogP contribution in [0.1, 0.15) is 92.7 Å². The van der Waals surface area contributed by atoms with Gasteiger partial charge in [-0.15, -0.1) is 0 Å². The van der Waals surface area contributed by atoms with Crippen LogP contribution in [0.25, 0.3) is 22.3 Å². The van der Waals surface area contributed by atoms with E-state index in [1.807, 2.05) is 72.8 Å². The van der Waals surface area contributed by atoms with E-state index in [0.29, 0.717) is 50.0 Å². The molecule has 0 radical (unpaired) electrons. The molecule has 0 aromatic heterocycles. The van der Waals surface area contributed by atoms with E-state index in [4.69, 9.17) is 37.7 Å². The van der Waals surface area contributed by atoms with Gasteiger partial charge in [0.2, 0.25) is 0 Å². The molecule has 0 heterocycles. The molecule has 0 spiro atoms. The summed E-state index contributed by atoms with van der Waals surface area (Å²) < 4.78 is 93.2. The van der Waals surface area contributed by atoms with Gasteiger partial charge in [-0.3, -0.25) is 9.59 Å². The quantitative estimate of drug-likeness (QED) is 0.0440. The van der Waals surface area contributed by atoms with Crippen LogP contribution in [-0.2, 0) is 19.1 Å². The van der Waals surface area contributed by atoms with Crippen LogP contribution in [-0.4, -0.2) is 38.4 Å². The first-order valence-corrected chi connectivity index (χ1v) is 19.6. The first kappa shape index (κ1) is 31.3. The van der Waals surface area contributed by atoms with E-state index in [1.165, 1.54) is 0 Å². The first-order chi connectivity index (χ1) is 31.1. The van der Waals surface area contributed by atoms with Gasteiger partial charge in [-0.25, -0.2) is 0 Å². The van der Waals surface area contributed by atoms with E-state index < -0.39 is 54.0 Å². The van der Waals surface area contributed by atoms with Gasteiger partial charge in [0.25, 0.3) is 0 Å². The highest BCUT2D eigenvalue weighted by atomic mass is 16.5. The highest BCUT2D eigenvalue weighted by Crippen LogP contribution is 2.49. The van der Waals surface area contributed by atoms with Gasteiger partial charge in [-0.2, -0.15) is 10.5 Å². The summed E-state index contributed by atoms with van der Waals surface area (Å²) in [5.41, 5.74) is 5.17. The van der Waals surface area contributed by atoms with Gasteiger partial charge in [0, 0.05) is 8.22 Å². The molecule has 0 N–H and O–H groups in total. The van der Waals surface area contributed by atoms with Crippen molar-refractivity contribution in [2.75, 3.05) is 26.4 Å². The molecular weight excluding hydrogens is 713 g/mol. The fourth-order valence-electron chi connectivity index (χ4n) is 6.51. The Morgan fingerprint density at radius 3 is 1.19 bits per heavy atom. The van der Waals surface area contributed by atoms with Crippen molar-refractivity contribution < 1.29 is 39.5 Å². The second-order valence-corrected chi connectivity index (χ2v) is 13.8. The van der Waals surface area contributed by atoms with E-state index in [-0.39, 0.29) is 13.2 Å². The summed E-state index contributed by atoms with van der Waals surface area (Å²) >= 11 is 0. The zero-order valence-corrected chi connectivity index (χ0v) is 32.0. The summed E-state index contributed by atoms with van der Waals surface area (Å²) in [7, 11) is 0. The normalized spacial score (nSPS) is 26.1. The minimum atomic E-state index is -3.43. The Kier molecular flexibility index (Phi) is 11.8. The fraction of sp³-hybridized carbons (Fsp3) is 0.388. The van der Waals surface area contributed by atoms with Gasteiger partial charge in [0.15, 0.2) is 0 Å². The number of carbonyl (C=O) groups is 2. The Bertz CT molecular complexity index is 2250. The number of allylic oxidation sites excluding steroid dienone is 2. The number of fused-ring (bicyclic) bond motifs is 2. The number of nitrogens with zero attached hydrogens (tertiary/aromatic N) is 2. The molecule has 4 aromatic carbocycles. The van der Waals surface area contributed by atoms with Crippen molar-refractivity contribution in [2.45, 2.75) is 70.6 Å². The monoisotopic (exact) mass is 772 g/mol. The molecule has 6 rings (SSSR count). The van der Waals surface area contributed by atoms with Gasteiger partial charge in [0.1, 0.15) is 11.5 Å². The van der Waals surface area contributed by atoms with Crippen LogP contribution in [0.5, 0.6) is 11.5 Å². The molecule has 8 nitrogen and oxygen atoms in total. The Morgan fingerprint density at radius 2 is 0.842 bits per heavy atom. The van der Waals surface area contributed by atoms with E-state index >= 15 is 0 Å². The number of ether oxygens (including phenoxy) is 4. The van der Waals surface area contributed by atoms with Gasteiger partial charge in [0.05, 0.1) is 64.2 Å². The first-order valence-electron chi connectivity index (χ1n) is 23.6. The highest BCUT2D eigenvalue weighted by molar-refractivity contribution is 5.84. The van der Waals surface area contributed by atoms with Gasteiger partial charge in [-0.1, -0.05) is 99.2 Å². The van der Waals surface area contributed by atoms with Crippen molar-refractivity contribution in [3.05, 3.63) is 120 Å². The lowest BCUT2D eigenvalue weighted by atomic mass is 9.83. The summed E-state index contributed by atoms with van der Waals surface area (Å²) in [5.74, 6) is -15.1. The molecule has 1 saturated carbocycles. The second-order valence-electron chi connectivity index (χ2n) is 13.8. The SMILES string of the molecule is [2H]C1=C([2H])C2([2H])C([2H])([2H])C1([2H])C([2H])(C(=O)OCCCCCCCOc1ccc(-c3ccc(C#N)cc3)cc1)C2([2H])C(=O)OCCCCCCCOc1ccc(-c2ccc(C#N)cc2)cc1. The third-order valence-electron chi connectivity index (χ3n) is 9.71. The number of carbonyl (C=O) groups excluding carboxylic acids is 2. The Balaban J connectivity index is 0.918. The van der Waals surface area contributed by atoms with E-state index in [9.17, 15) is 12.3 Å². The minimum absolute atomic E-state index is 0.265. The van der Waals surface area contributed by atoms with Crippen LogP contribution in [0.3, 0.4) is 0 Å². The molecule has 1 fully saturated rings. The summed E-state index contributed by atoms with van der Waals surface area (Å²) in [5, 5.41) is 18.0. The molecule has 2 aliphatic rings. The topological polar surface area (TPSA) is 119 Å². The highest BCUT2D eigenvalue weighted by Gasteiger charge is 2.53. The zero-order valence-electron chi connectivity index (χ0n) is 40.0. The van der Waals surface area contributed by atoms with Crippen LogP contribution in [0.4, 0.5) is 0 Å². The molecular formula is C49H52N2O6. The molecule has 0 saturated heterocycles. The summed E-state index contributed by atoms with van der Waals surface area (Å²) in [4.78, 5) is 27.5. The van der Waals surface area contributed by atoms with Crippen molar-refractivity contribution in [3.8, 4) is 45.9 Å². The van der Waals surface area contributed by atoms with Crippen molar-refractivity contribution in [2.24, 2.45) is 23.6 Å².